The largest absolute Gasteiger partial charge is 0.309 e. The zero-order valence-electron chi connectivity index (χ0n) is 10.6. The van der Waals surface area contributed by atoms with Crippen LogP contribution in [0.5, 0.6) is 0 Å². The summed E-state index contributed by atoms with van der Waals surface area (Å²) < 4.78 is 0. The van der Waals surface area contributed by atoms with E-state index in [1.807, 2.05) is 43.0 Å². The Morgan fingerprint density at radius 3 is 2.42 bits per heavy atom. The Morgan fingerprint density at radius 1 is 0.737 bits per heavy atom. The maximum atomic E-state index is 4.12. The molecule has 0 fully saturated rings. The Bertz CT molecular complexity index is 665. The van der Waals surface area contributed by atoms with Crippen LogP contribution in [0.2, 0.25) is 0 Å². The summed E-state index contributed by atoms with van der Waals surface area (Å²) >= 11 is 0. The summed E-state index contributed by atoms with van der Waals surface area (Å²) in [5.41, 5.74) is 2.53. The van der Waals surface area contributed by atoms with E-state index in [-0.39, 0.29) is 0 Å². The molecule has 19 heavy (non-hydrogen) atoms. The minimum Gasteiger partial charge on any atom is -0.309 e. The maximum Gasteiger partial charge on any atom is 0.0346 e. The summed E-state index contributed by atoms with van der Waals surface area (Å²) in [6.07, 6.45) is 7.36. The van der Waals surface area contributed by atoms with Crippen LogP contribution < -0.4 is 5.32 Å². The van der Waals surface area contributed by atoms with E-state index < -0.39 is 0 Å². The Balaban J connectivity index is 1.65. The van der Waals surface area contributed by atoms with Crippen molar-refractivity contribution in [2.24, 2.45) is 0 Å². The molecule has 1 aromatic carbocycles. The molecule has 0 amide bonds. The summed E-state index contributed by atoms with van der Waals surface area (Å²) in [5.74, 6) is 0. The van der Waals surface area contributed by atoms with Gasteiger partial charge in [0.15, 0.2) is 0 Å². The first-order valence-corrected chi connectivity index (χ1v) is 6.34. The van der Waals surface area contributed by atoms with Crippen molar-refractivity contribution in [3.8, 4) is 0 Å². The highest BCUT2D eigenvalue weighted by Gasteiger charge is 1.97. The van der Waals surface area contributed by atoms with Crippen LogP contribution in [-0.4, -0.2) is 9.97 Å². The number of aromatic nitrogens is 2. The molecule has 0 radical (unpaired) electrons. The van der Waals surface area contributed by atoms with E-state index in [0.717, 1.165) is 13.1 Å². The third-order valence-electron chi connectivity index (χ3n) is 3.11. The molecule has 3 heteroatoms. The molecule has 0 aliphatic carbocycles. The molecule has 2 heterocycles. The molecule has 0 spiro atoms. The van der Waals surface area contributed by atoms with Gasteiger partial charge in [0.25, 0.3) is 0 Å². The molecule has 0 aliphatic rings. The van der Waals surface area contributed by atoms with Crippen molar-refractivity contribution >= 4 is 10.8 Å². The maximum absolute atomic E-state index is 4.12. The average molecular weight is 249 g/mol. The fraction of sp³-hybridized carbons (Fsp3) is 0.125. The number of nitrogens with one attached hydrogen (secondary N) is 1. The molecule has 1 N–H and O–H groups in total. The van der Waals surface area contributed by atoms with Gasteiger partial charge in [-0.25, -0.2) is 0 Å². The van der Waals surface area contributed by atoms with E-state index in [1.165, 1.54) is 21.9 Å². The van der Waals surface area contributed by atoms with Crippen molar-refractivity contribution in [1.29, 1.82) is 0 Å². The van der Waals surface area contributed by atoms with Gasteiger partial charge in [0.2, 0.25) is 0 Å². The van der Waals surface area contributed by atoms with Gasteiger partial charge in [0, 0.05) is 43.3 Å². The number of pyridine rings is 2. The Labute approximate surface area is 112 Å². The van der Waals surface area contributed by atoms with Crippen LogP contribution in [0.3, 0.4) is 0 Å². The SMILES string of the molecule is c1cc(CNCc2ccc3cnccc3c2)ccn1. The first-order valence-electron chi connectivity index (χ1n) is 6.34. The molecule has 0 saturated heterocycles. The van der Waals surface area contributed by atoms with Gasteiger partial charge in [-0.1, -0.05) is 12.1 Å². The average Bonchev–Trinajstić information content (AvgIpc) is 2.48. The topological polar surface area (TPSA) is 37.8 Å². The highest BCUT2D eigenvalue weighted by molar-refractivity contribution is 5.81. The number of hydrogen-bond acceptors (Lipinski definition) is 3. The fourth-order valence-electron chi connectivity index (χ4n) is 2.09. The van der Waals surface area contributed by atoms with Gasteiger partial charge in [0.05, 0.1) is 0 Å². The van der Waals surface area contributed by atoms with Crippen molar-refractivity contribution in [2.45, 2.75) is 13.1 Å². The van der Waals surface area contributed by atoms with Crippen LogP contribution in [0.15, 0.2) is 61.2 Å². The van der Waals surface area contributed by atoms with E-state index in [2.05, 4.69) is 33.5 Å². The number of rotatable bonds is 4. The second kappa shape index (κ2) is 5.59. The predicted octanol–water partition coefficient (Wildman–Crippen LogP) is 2.92. The lowest BCUT2D eigenvalue weighted by Gasteiger charge is -2.06. The summed E-state index contributed by atoms with van der Waals surface area (Å²) in [5, 5.41) is 5.85. The quantitative estimate of drug-likeness (QED) is 0.772. The minimum absolute atomic E-state index is 0.858. The van der Waals surface area contributed by atoms with Crippen LogP contribution >= 0.6 is 0 Å². The third-order valence-corrected chi connectivity index (χ3v) is 3.11. The number of hydrogen-bond donors (Lipinski definition) is 1. The monoisotopic (exact) mass is 249 g/mol. The molecule has 0 aliphatic heterocycles. The van der Waals surface area contributed by atoms with Gasteiger partial charge in [-0.15, -0.1) is 0 Å². The standard InChI is InChI=1S/C16H15N3/c1-2-16-12-18-8-5-15(16)9-14(1)11-19-10-13-3-6-17-7-4-13/h1-9,12,19H,10-11H2. The van der Waals surface area contributed by atoms with Gasteiger partial charge in [0.1, 0.15) is 0 Å². The van der Waals surface area contributed by atoms with E-state index in [4.69, 9.17) is 0 Å². The molecule has 0 unspecified atom stereocenters. The van der Waals surface area contributed by atoms with Gasteiger partial charge in [-0.05, 0) is 40.8 Å². The third kappa shape index (κ3) is 2.95. The molecule has 2 aromatic heterocycles. The summed E-state index contributed by atoms with van der Waals surface area (Å²) in [6, 6.07) is 12.6. The number of benzene rings is 1. The van der Waals surface area contributed by atoms with Crippen molar-refractivity contribution in [2.75, 3.05) is 0 Å². The lowest BCUT2D eigenvalue weighted by molar-refractivity contribution is 0.693. The molecule has 3 aromatic rings. The smallest absolute Gasteiger partial charge is 0.0346 e. The summed E-state index contributed by atoms with van der Waals surface area (Å²) in [4.78, 5) is 8.13. The highest BCUT2D eigenvalue weighted by atomic mass is 14.8. The van der Waals surface area contributed by atoms with Gasteiger partial charge >= 0.3 is 0 Å². The van der Waals surface area contributed by atoms with Crippen LogP contribution in [0.25, 0.3) is 10.8 Å². The van der Waals surface area contributed by atoms with Crippen LogP contribution in [0, 0.1) is 0 Å². The Kier molecular flexibility index (Phi) is 3.47. The van der Waals surface area contributed by atoms with E-state index >= 15 is 0 Å². The fourth-order valence-corrected chi connectivity index (χ4v) is 2.09. The molecule has 3 rings (SSSR count). The second-order valence-electron chi connectivity index (χ2n) is 4.52. The molecular formula is C16H15N3. The summed E-state index contributed by atoms with van der Waals surface area (Å²) in [7, 11) is 0. The molecule has 0 saturated carbocycles. The van der Waals surface area contributed by atoms with E-state index in [1.54, 1.807) is 0 Å². The molecular weight excluding hydrogens is 234 g/mol. The minimum atomic E-state index is 0.858. The predicted molar refractivity (Wildman–Crippen MR) is 76.5 cm³/mol. The van der Waals surface area contributed by atoms with Crippen molar-refractivity contribution in [1.82, 2.24) is 15.3 Å². The molecule has 3 nitrogen and oxygen atoms in total. The van der Waals surface area contributed by atoms with Crippen LogP contribution in [-0.2, 0) is 13.1 Å². The highest BCUT2D eigenvalue weighted by Crippen LogP contribution is 2.14. The molecule has 0 bridgehead atoms. The summed E-state index contributed by atoms with van der Waals surface area (Å²) in [6.45, 7) is 1.72. The van der Waals surface area contributed by atoms with Crippen molar-refractivity contribution < 1.29 is 0 Å². The Morgan fingerprint density at radius 2 is 1.53 bits per heavy atom. The van der Waals surface area contributed by atoms with Crippen LogP contribution in [0.1, 0.15) is 11.1 Å². The van der Waals surface area contributed by atoms with Gasteiger partial charge in [-0.3, -0.25) is 9.97 Å². The second-order valence-corrected chi connectivity index (χ2v) is 4.52. The molecule has 94 valence electrons. The molecule has 0 atom stereocenters. The number of fused-ring (bicyclic) bond motifs is 1. The normalized spacial score (nSPS) is 10.7. The van der Waals surface area contributed by atoms with E-state index in [9.17, 15) is 0 Å². The lowest BCUT2D eigenvalue weighted by atomic mass is 10.1. The Hall–Kier alpha value is -2.26. The van der Waals surface area contributed by atoms with Gasteiger partial charge < -0.3 is 5.32 Å². The van der Waals surface area contributed by atoms with Crippen molar-refractivity contribution in [3.05, 3.63) is 72.3 Å². The van der Waals surface area contributed by atoms with E-state index in [0.29, 0.717) is 0 Å². The number of nitrogens with zero attached hydrogens (tertiary/aromatic N) is 2. The van der Waals surface area contributed by atoms with Gasteiger partial charge in [-0.2, -0.15) is 0 Å². The first-order chi connectivity index (χ1) is 9.42. The zero-order chi connectivity index (χ0) is 12.9. The lowest BCUT2D eigenvalue weighted by Crippen LogP contribution is -2.12. The van der Waals surface area contributed by atoms with Crippen molar-refractivity contribution in [3.63, 3.8) is 0 Å². The first kappa shape index (κ1) is 11.8. The zero-order valence-corrected chi connectivity index (χ0v) is 10.6. The van der Waals surface area contributed by atoms with Crippen LogP contribution in [0.4, 0.5) is 0 Å².